The number of benzene rings is 2. The second kappa shape index (κ2) is 9.71. The van der Waals surface area contributed by atoms with Crippen LogP contribution in [0.1, 0.15) is 16.9 Å². The molecule has 1 N–H and O–H groups in total. The first kappa shape index (κ1) is 20.4. The maximum Gasteiger partial charge on any atom is 0.269 e. The Morgan fingerprint density at radius 2 is 1.90 bits per heavy atom. The van der Waals surface area contributed by atoms with Crippen LogP contribution in [0.3, 0.4) is 0 Å². The molecule has 0 aliphatic heterocycles. The number of nitro groups is 1. The van der Waals surface area contributed by atoms with Crippen molar-refractivity contribution in [2.45, 2.75) is 13.2 Å². The summed E-state index contributed by atoms with van der Waals surface area (Å²) >= 11 is 0. The molecule has 1 amide bonds. The molecular weight excluding hydrogens is 386 g/mol. The lowest BCUT2D eigenvalue weighted by Crippen LogP contribution is -2.23. The van der Waals surface area contributed by atoms with E-state index in [0.29, 0.717) is 17.1 Å². The summed E-state index contributed by atoms with van der Waals surface area (Å²) in [5.41, 5.74) is 1.46. The number of carbonyl (C=O) groups excluding carboxylic acids is 1. The molecule has 0 aliphatic rings. The first-order valence-electron chi connectivity index (χ1n) is 8.94. The normalized spacial score (nSPS) is 10.8. The molecule has 8 heteroatoms. The largest absolute Gasteiger partial charge is 0.489 e. The summed E-state index contributed by atoms with van der Waals surface area (Å²) in [6, 6.07) is 18.3. The summed E-state index contributed by atoms with van der Waals surface area (Å²) in [7, 11) is 0. The molecule has 30 heavy (non-hydrogen) atoms. The summed E-state index contributed by atoms with van der Waals surface area (Å²) in [5.74, 6) is 0.689. The molecule has 3 aromatic rings. The molecule has 0 atom stereocenters. The molecule has 8 nitrogen and oxygen atoms in total. The van der Waals surface area contributed by atoms with E-state index in [0.717, 1.165) is 5.56 Å². The fraction of sp³-hybridized carbons (Fsp3) is 0.0909. The Bertz CT molecular complexity index is 1080. The summed E-state index contributed by atoms with van der Waals surface area (Å²) in [6.07, 6.45) is 2.99. The zero-order valence-electron chi connectivity index (χ0n) is 15.8. The van der Waals surface area contributed by atoms with Crippen molar-refractivity contribution in [1.82, 2.24) is 5.32 Å². The Morgan fingerprint density at radius 3 is 2.50 bits per heavy atom. The van der Waals surface area contributed by atoms with Crippen LogP contribution in [0.25, 0.3) is 6.08 Å². The number of furan rings is 1. The molecule has 150 valence electrons. The van der Waals surface area contributed by atoms with Gasteiger partial charge in [0.1, 0.15) is 29.8 Å². The van der Waals surface area contributed by atoms with Crippen molar-refractivity contribution in [2.75, 3.05) is 0 Å². The third-order valence-electron chi connectivity index (χ3n) is 4.11. The fourth-order valence-corrected chi connectivity index (χ4v) is 2.53. The summed E-state index contributed by atoms with van der Waals surface area (Å²) in [6.45, 7) is 0.450. The number of nitrogens with one attached hydrogen (secondary N) is 1. The van der Waals surface area contributed by atoms with E-state index in [1.165, 1.54) is 24.5 Å². The number of ether oxygens (including phenoxy) is 1. The molecule has 0 saturated carbocycles. The van der Waals surface area contributed by atoms with E-state index < -0.39 is 10.8 Å². The van der Waals surface area contributed by atoms with E-state index in [1.54, 1.807) is 48.5 Å². The van der Waals surface area contributed by atoms with Crippen molar-refractivity contribution in [1.29, 1.82) is 5.26 Å². The second-order valence-electron chi connectivity index (χ2n) is 6.21. The van der Waals surface area contributed by atoms with Gasteiger partial charge in [-0.1, -0.05) is 12.1 Å². The van der Waals surface area contributed by atoms with Crippen molar-refractivity contribution in [3.8, 4) is 11.8 Å². The number of nitriles is 1. The van der Waals surface area contributed by atoms with Crippen LogP contribution in [0, 0.1) is 21.4 Å². The lowest BCUT2D eigenvalue weighted by atomic mass is 10.1. The van der Waals surface area contributed by atoms with Gasteiger partial charge >= 0.3 is 0 Å². The molecule has 0 spiro atoms. The van der Waals surface area contributed by atoms with Gasteiger partial charge in [0, 0.05) is 12.1 Å². The average Bonchev–Trinajstić information content (AvgIpc) is 3.29. The third-order valence-corrected chi connectivity index (χ3v) is 4.11. The van der Waals surface area contributed by atoms with Crippen LogP contribution in [0.15, 0.2) is 76.9 Å². The zero-order chi connectivity index (χ0) is 21.3. The van der Waals surface area contributed by atoms with Gasteiger partial charge in [-0.25, -0.2) is 0 Å². The van der Waals surface area contributed by atoms with E-state index in [9.17, 15) is 20.2 Å². The molecule has 1 heterocycles. The molecule has 0 fully saturated rings. The number of rotatable bonds is 8. The van der Waals surface area contributed by atoms with Crippen LogP contribution in [-0.2, 0) is 17.9 Å². The smallest absolute Gasteiger partial charge is 0.269 e. The van der Waals surface area contributed by atoms with Crippen LogP contribution < -0.4 is 10.1 Å². The SMILES string of the molecule is N#C/C(=C\c1ccc(OCc2ccc([N+](=O)[O-])cc2)cc1)C(=O)NCc1ccco1. The molecular formula is C22H17N3O5. The van der Waals surface area contributed by atoms with E-state index >= 15 is 0 Å². The standard InChI is InChI=1S/C22H17N3O5/c23-13-18(22(26)24-14-21-2-1-11-29-21)12-16-5-9-20(10-6-16)30-15-17-3-7-19(8-4-17)25(27)28/h1-12H,14-15H2,(H,24,26)/b18-12+. The van der Waals surface area contributed by atoms with Gasteiger partial charge in [-0.2, -0.15) is 5.26 Å². The number of nitro benzene ring substituents is 1. The minimum Gasteiger partial charge on any atom is -0.489 e. The third kappa shape index (κ3) is 5.56. The predicted molar refractivity (Wildman–Crippen MR) is 108 cm³/mol. The van der Waals surface area contributed by atoms with Gasteiger partial charge in [0.25, 0.3) is 11.6 Å². The first-order valence-corrected chi connectivity index (χ1v) is 8.94. The highest BCUT2D eigenvalue weighted by Crippen LogP contribution is 2.18. The van der Waals surface area contributed by atoms with Gasteiger partial charge in [0.15, 0.2) is 0 Å². The van der Waals surface area contributed by atoms with E-state index in [-0.39, 0.29) is 24.4 Å². The highest BCUT2D eigenvalue weighted by molar-refractivity contribution is 6.01. The monoisotopic (exact) mass is 403 g/mol. The number of carbonyl (C=O) groups is 1. The number of hydrogen-bond donors (Lipinski definition) is 1. The van der Waals surface area contributed by atoms with Gasteiger partial charge in [0.05, 0.1) is 17.7 Å². The Morgan fingerprint density at radius 1 is 1.17 bits per heavy atom. The van der Waals surface area contributed by atoms with Crippen molar-refractivity contribution in [3.63, 3.8) is 0 Å². The summed E-state index contributed by atoms with van der Waals surface area (Å²) in [4.78, 5) is 22.4. The van der Waals surface area contributed by atoms with E-state index in [2.05, 4.69) is 5.32 Å². The van der Waals surface area contributed by atoms with Gasteiger partial charge in [-0.15, -0.1) is 0 Å². The maximum atomic E-state index is 12.2. The van der Waals surface area contributed by atoms with Crippen LogP contribution >= 0.6 is 0 Å². The Labute approximate surface area is 172 Å². The molecule has 2 aromatic carbocycles. The van der Waals surface area contributed by atoms with Crippen molar-refractivity contribution in [2.24, 2.45) is 0 Å². The van der Waals surface area contributed by atoms with Crippen LogP contribution in [-0.4, -0.2) is 10.8 Å². The second-order valence-corrected chi connectivity index (χ2v) is 6.21. The van der Waals surface area contributed by atoms with Crippen molar-refractivity contribution >= 4 is 17.7 Å². The molecule has 0 radical (unpaired) electrons. The molecule has 0 unspecified atom stereocenters. The van der Waals surface area contributed by atoms with Gasteiger partial charge < -0.3 is 14.5 Å². The van der Waals surface area contributed by atoms with Gasteiger partial charge in [-0.3, -0.25) is 14.9 Å². The van der Waals surface area contributed by atoms with Crippen LogP contribution in [0.4, 0.5) is 5.69 Å². The quantitative estimate of drug-likeness (QED) is 0.263. The summed E-state index contributed by atoms with van der Waals surface area (Å²) < 4.78 is 10.8. The number of nitrogens with zero attached hydrogens (tertiary/aromatic N) is 2. The maximum absolute atomic E-state index is 12.2. The minimum atomic E-state index is -0.493. The molecule has 1 aromatic heterocycles. The topological polar surface area (TPSA) is 118 Å². The summed E-state index contributed by atoms with van der Waals surface area (Å²) in [5, 5.41) is 22.6. The molecule has 0 saturated heterocycles. The zero-order valence-corrected chi connectivity index (χ0v) is 15.8. The van der Waals surface area contributed by atoms with Gasteiger partial charge in [-0.05, 0) is 53.6 Å². The Kier molecular flexibility index (Phi) is 6.59. The van der Waals surface area contributed by atoms with E-state index in [1.807, 2.05) is 6.07 Å². The number of amides is 1. The number of hydrogen-bond acceptors (Lipinski definition) is 6. The molecule has 3 rings (SSSR count). The Hall–Kier alpha value is -4.38. The molecule has 0 aliphatic carbocycles. The fourth-order valence-electron chi connectivity index (χ4n) is 2.53. The van der Waals surface area contributed by atoms with Crippen molar-refractivity contribution in [3.05, 3.63) is 99.5 Å². The number of non-ortho nitro benzene ring substituents is 1. The van der Waals surface area contributed by atoms with E-state index in [4.69, 9.17) is 9.15 Å². The highest BCUT2D eigenvalue weighted by Gasteiger charge is 2.10. The predicted octanol–water partition coefficient (Wildman–Crippen LogP) is 3.99. The van der Waals surface area contributed by atoms with Gasteiger partial charge in [0.2, 0.25) is 0 Å². The lowest BCUT2D eigenvalue weighted by Gasteiger charge is -2.07. The van der Waals surface area contributed by atoms with Crippen molar-refractivity contribution < 1.29 is 18.9 Å². The minimum absolute atomic E-state index is 0.0244. The average molecular weight is 403 g/mol. The van der Waals surface area contributed by atoms with Crippen LogP contribution in [0.5, 0.6) is 5.75 Å². The first-order chi connectivity index (χ1) is 14.5. The Balaban J connectivity index is 1.57. The molecule has 0 bridgehead atoms. The van der Waals surface area contributed by atoms with Crippen LogP contribution in [0.2, 0.25) is 0 Å². The highest BCUT2D eigenvalue weighted by atomic mass is 16.6. The lowest BCUT2D eigenvalue weighted by molar-refractivity contribution is -0.384.